The van der Waals surface area contributed by atoms with E-state index in [9.17, 15) is 14.9 Å². The summed E-state index contributed by atoms with van der Waals surface area (Å²) in [7, 11) is 0. The molecule has 0 saturated heterocycles. The normalized spacial score (nSPS) is 20.7. The number of nitro groups is 1. The van der Waals surface area contributed by atoms with Crippen molar-refractivity contribution in [2.45, 2.75) is 12.5 Å². The summed E-state index contributed by atoms with van der Waals surface area (Å²) in [5, 5.41) is 10.2. The molecular weight excluding hydrogens is 198 g/mol. The molecule has 0 heterocycles. The van der Waals surface area contributed by atoms with Crippen molar-refractivity contribution in [1.29, 1.82) is 0 Å². The predicted molar refractivity (Wildman–Crippen MR) is 45.0 cm³/mol. The fraction of sp³-hybridized carbons (Fsp3) is 0.286. The maximum absolute atomic E-state index is 10.3. The Morgan fingerprint density at radius 3 is 2.85 bits per heavy atom. The number of rotatable bonds is 2. The standard InChI is InChI=1S/C7H6ClNO4/c8-7(10)13-6-3-1-5(2-4-6)9(11)12/h1-3,6H,4H2. The second-order valence-electron chi connectivity index (χ2n) is 2.37. The molecule has 6 heteroatoms. The van der Waals surface area contributed by atoms with Crippen molar-refractivity contribution in [1.82, 2.24) is 0 Å². The van der Waals surface area contributed by atoms with Crippen LogP contribution < -0.4 is 0 Å². The Balaban J connectivity index is 2.53. The second kappa shape index (κ2) is 4.04. The van der Waals surface area contributed by atoms with Gasteiger partial charge < -0.3 is 4.74 Å². The number of nitrogens with zero attached hydrogens (tertiary/aromatic N) is 1. The first kappa shape index (κ1) is 9.73. The maximum atomic E-state index is 10.3. The quantitative estimate of drug-likeness (QED) is 0.390. The topological polar surface area (TPSA) is 69.4 Å². The molecule has 0 fully saturated rings. The average Bonchev–Trinajstić information content (AvgIpc) is 2.04. The molecule has 0 radical (unpaired) electrons. The van der Waals surface area contributed by atoms with Gasteiger partial charge in [0.25, 0.3) is 5.70 Å². The van der Waals surface area contributed by atoms with E-state index in [2.05, 4.69) is 4.74 Å². The highest BCUT2D eigenvalue weighted by Crippen LogP contribution is 2.14. The smallest absolute Gasteiger partial charge is 0.404 e. The highest BCUT2D eigenvalue weighted by atomic mass is 35.5. The molecular formula is C7H6ClNO4. The molecule has 0 aromatic carbocycles. The van der Waals surface area contributed by atoms with Crippen molar-refractivity contribution in [3.8, 4) is 0 Å². The zero-order chi connectivity index (χ0) is 9.84. The van der Waals surface area contributed by atoms with Gasteiger partial charge in [-0.1, -0.05) is 0 Å². The van der Waals surface area contributed by atoms with Crippen LogP contribution in [0.15, 0.2) is 23.9 Å². The first-order chi connectivity index (χ1) is 6.09. The Labute approximate surface area is 78.8 Å². The van der Waals surface area contributed by atoms with Crippen LogP contribution in [0.1, 0.15) is 6.42 Å². The summed E-state index contributed by atoms with van der Waals surface area (Å²) >= 11 is 4.96. The molecule has 0 N–H and O–H groups in total. The van der Waals surface area contributed by atoms with Gasteiger partial charge in [-0.05, 0) is 12.2 Å². The van der Waals surface area contributed by atoms with Gasteiger partial charge in [0, 0.05) is 24.1 Å². The summed E-state index contributed by atoms with van der Waals surface area (Å²) in [6.45, 7) is 0. The SMILES string of the molecule is O=C(Cl)OC1C=CC([N+](=O)[O-])=CC1. The van der Waals surface area contributed by atoms with Gasteiger partial charge in [-0.25, -0.2) is 4.79 Å². The van der Waals surface area contributed by atoms with Gasteiger partial charge in [0.2, 0.25) is 0 Å². The van der Waals surface area contributed by atoms with Crippen LogP contribution in [0.2, 0.25) is 0 Å². The van der Waals surface area contributed by atoms with Gasteiger partial charge in [0.15, 0.2) is 0 Å². The molecule has 13 heavy (non-hydrogen) atoms. The lowest BCUT2D eigenvalue weighted by molar-refractivity contribution is -0.419. The zero-order valence-electron chi connectivity index (χ0n) is 6.47. The minimum absolute atomic E-state index is 0.00173. The second-order valence-corrected chi connectivity index (χ2v) is 2.68. The van der Waals surface area contributed by atoms with Gasteiger partial charge in [-0.3, -0.25) is 10.1 Å². The van der Waals surface area contributed by atoms with Crippen molar-refractivity contribution in [3.63, 3.8) is 0 Å². The highest BCUT2D eigenvalue weighted by molar-refractivity contribution is 6.61. The van der Waals surface area contributed by atoms with Crippen LogP contribution in [0.4, 0.5) is 4.79 Å². The third-order valence-corrected chi connectivity index (χ3v) is 1.58. The first-order valence-electron chi connectivity index (χ1n) is 3.48. The summed E-state index contributed by atoms with van der Waals surface area (Å²) in [5.41, 5.74) is -0.908. The molecule has 1 rings (SSSR count). The molecule has 1 aliphatic rings. The van der Waals surface area contributed by atoms with E-state index in [4.69, 9.17) is 11.6 Å². The Kier molecular flexibility index (Phi) is 3.02. The van der Waals surface area contributed by atoms with E-state index in [1.807, 2.05) is 0 Å². The van der Waals surface area contributed by atoms with Gasteiger partial charge in [0.1, 0.15) is 6.10 Å². The molecule has 0 saturated carbocycles. The minimum Gasteiger partial charge on any atom is -0.446 e. The number of hydrogen-bond acceptors (Lipinski definition) is 4. The fourth-order valence-electron chi connectivity index (χ4n) is 0.931. The average molecular weight is 204 g/mol. The van der Waals surface area contributed by atoms with E-state index in [-0.39, 0.29) is 12.1 Å². The third kappa shape index (κ3) is 2.87. The molecule has 0 aromatic rings. The summed E-state index contributed by atoms with van der Waals surface area (Å²) in [6.07, 6.45) is 3.89. The molecule has 0 amide bonds. The molecule has 0 bridgehead atoms. The molecule has 1 aliphatic carbocycles. The molecule has 1 atom stereocenters. The summed E-state index contributed by atoms with van der Waals surface area (Å²) < 4.78 is 4.59. The van der Waals surface area contributed by atoms with E-state index < -0.39 is 16.5 Å². The number of ether oxygens (including phenoxy) is 1. The van der Waals surface area contributed by atoms with Crippen LogP contribution in [0, 0.1) is 10.1 Å². The Bertz CT molecular complexity index is 297. The van der Waals surface area contributed by atoms with Crippen molar-refractivity contribution in [3.05, 3.63) is 34.0 Å². The van der Waals surface area contributed by atoms with E-state index in [0.29, 0.717) is 0 Å². The van der Waals surface area contributed by atoms with Crippen LogP contribution in [0.25, 0.3) is 0 Å². The molecule has 70 valence electrons. The summed E-state index contributed by atoms with van der Waals surface area (Å²) in [6, 6.07) is 0. The first-order valence-corrected chi connectivity index (χ1v) is 3.86. The largest absolute Gasteiger partial charge is 0.446 e. The molecule has 0 aliphatic heterocycles. The Hall–Kier alpha value is -1.36. The van der Waals surface area contributed by atoms with Crippen LogP contribution in [-0.2, 0) is 4.74 Å². The van der Waals surface area contributed by atoms with Crippen LogP contribution in [0.3, 0.4) is 0 Å². The summed E-state index contributed by atoms with van der Waals surface area (Å²) in [4.78, 5) is 20.0. The lowest BCUT2D eigenvalue weighted by Gasteiger charge is -2.11. The number of halogens is 1. The summed E-state index contributed by atoms with van der Waals surface area (Å²) in [5.74, 6) is 0. The number of hydrogen-bond donors (Lipinski definition) is 0. The Morgan fingerprint density at radius 2 is 2.46 bits per heavy atom. The van der Waals surface area contributed by atoms with Crippen LogP contribution >= 0.6 is 11.6 Å². The van der Waals surface area contributed by atoms with Crippen LogP contribution in [0.5, 0.6) is 0 Å². The third-order valence-electron chi connectivity index (χ3n) is 1.50. The monoisotopic (exact) mass is 203 g/mol. The van der Waals surface area contributed by atoms with E-state index in [0.717, 1.165) is 0 Å². The molecule has 1 unspecified atom stereocenters. The van der Waals surface area contributed by atoms with E-state index in [1.165, 1.54) is 18.2 Å². The molecule has 0 spiro atoms. The molecule has 5 nitrogen and oxygen atoms in total. The van der Waals surface area contributed by atoms with Gasteiger partial charge in [-0.2, -0.15) is 0 Å². The lowest BCUT2D eigenvalue weighted by atomic mass is 10.1. The number of carbonyl (C=O) groups is 1. The minimum atomic E-state index is -0.910. The zero-order valence-corrected chi connectivity index (χ0v) is 7.23. The highest BCUT2D eigenvalue weighted by Gasteiger charge is 2.17. The van der Waals surface area contributed by atoms with Crippen molar-refractivity contribution < 1.29 is 14.5 Å². The molecule has 0 aromatic heterocycles. The van der Waals surface area contributed by atoms with Gasteiger partial charge in [-0.15, -0.1) is 0 Å². The number of allylic oxidation sites excluding steroid dienone is 1. The fourth-order valence-corrected chi connectivity index (χ4v) is 1.05. The predicted octanol–water partition coefficient (Wildman–Crippen LogP) is 1.85. The Morgan fingerprint density at radius 1 is 1.77 bits per heavy atom. The van der Waals surface area contributed by atoms with Gasteiger partial charge in [0.05, 0.1) is 4.92 Å². The van der Waals surface area contributed by atoms with Crippen molar-refractivity contribution in [2.24, 2.45) is 0 Å². The van der Waals surface area contributed by atoms with E-state index >= 15 is 0 Å². The van der Waals surface area contributed by atoms with E-state index in [1.54, 1.807) is 0 Å². The van der Waals surface area contributed by atoms with Crippen molar-refractivity contribution in [2.75, 3.05) is 0 Å². The lowest BCUT2D eigenvalue weighted by Crippen LogP contribution is -2.14. The van der Waals surface area contributed by atoms with Crippen molar-refractivity contribution >= 4 is 17.0 Å². The van der Waals surface area contributed by atoms with Crippen LogP contribution in [-0.4, -0.2) is 16.5 Å². The number of carbonyl (C=O) groups excluding carboxylic acids is 1. The van der Waals surface area contributed by atoms with Gasteiger partial charge >= 0.3 is 5.43 Å². The maximum Gasteiger partial charge on any atom is 0.404 e.